The fourth-order valence-corrected chi connectivity index (χ4v) is 4.78. The summed E-state index contributed by atoms with van der Waals surface area (Å²) in [5, 5.41) is 14.6. The second-order valence-electron chi connectivity index (χ2n) is 6.66. The van der Waals surface area contributed by atoms with Crippen LogP contribution in [0.2, 0.25) is 0 Å². The lowest BCUT2D eigenvalue weighted by Crippen LogP contribution is -2.35. The minimum atomic E-state index is -3.74. The van der Waals surface area contributed by atoms with Crippen LogP contribution in [0.1, 0.15) is 31.7 Å². The number of nitrogens with zero attached hydrogens (tertiary/aromatic N) is 3. The molecule has 1 saturated heterocycles. The molecule has 10 heteroatoms. The molecule has 1 aromatic carbocycles. The Balaban J connectivity index is 1.84. The molecule has 0 aliphatic carbocycles. The van der Waals surface area contributed by atoms with E-state index in [1.54, 1.807) is 12.3 Å². The number of anilines is 1. The first kappa shape index (κ1) is 21.0. The van der Waals surface area contributed by atoms with Gasteiger partial charge in [-0.25, -0.2) is 13.4 Å². The molecule has 2 heterocycles. The fraction of sp³-hybridized carbons (Fsp3) is 0.421. The van der Waals surface area contributed by atoms with Gasteiger partial charge in [0.2, 0.25) is 15.9 Å². The van der Waals surface area contributed by atoms with Crippen molar-refractivity contribution in [3.05, 3.63) is 52.2 Å². The van der Waals surface area contributed by atoms with Gasteiger partial charge in [-0.1, -0.05) is 12.5 Å². The number of piperidine rings is 1. The van der Waals surface area contributed by atoms with Gasteiger partial charge in [-0.05, 0) is 38.0 Å². The maximum absolute atomic E-state index is 12.8. The normalized spacial score (nSPS) is 15.1. The molecule has 156 valence electrons. The molecule has 2 aromatic rings. The van der Waals surface area contributed by atoms with Crippen LogP contribution in [0.15, 0.2) is 41.4 Å². The first-order chi connectivity index (χ1) is 13.9. The Labute approximate surface area is 169 Å². The standard InChI is InChI=1S/C19H24N4O5S/c1-2-28-19-15(7-6-10-20-19)14-21-17-9-8-16(13-18(17)23(24)25)29(26,27)22-11-4-3-5-12-22/h6-10,13,21H,2-5,11-12,14H2,1H3. The third-order valence-corrected chi connectivity index (χ3v) is 6.61. The van der Waals surface area contributed by atoms with E-state index in [2.05, 4.69) is 10.3 Å². The van der Waals surface area contributed by atoms with Crippen molar-refractivity contribution in [3.63, 3.8) is 0 Å². The molecule has 1 aliphatic heterocycles. The lowest BCUT2D eigenvalue weighted by atomic mass is 10.2. The zero-order valence-corrected chi connectivity index (χ0v) is 17.0. The highest BCUT2D eigenvalue weighted by Gasteiger charge is 2.28. The van der Waals surface area contributed by atoms with Crippen LogP contribution in [0.25, 0.3) is 0 Å². The summed E-state index contributed by atoms with van der Waals surface area (Å²) in [4.78, 5) is 15.1. The first-order valence-electron chi connectivity index (χ1n) is 9.52. The van der Waals surface area contributed by atoms with Crippen LogP contribution >= 0.6 is 0 Å². The van der Waals surface area contributed by atoms with Crippen LogP contribution < -0.4 is 10.1 Å². The minimum Gasteiger partial charge on any atom is -0.478 e. The molecular weight excluding hydrogens is 396 g/mol. The number of nitro benzene ring substituents is 1. The number of nitro groups is 1. The second kappa shape index (κ2) is 9.19. The van der Waals surface area contributed by atoms with Crippen molar-refractivity contribution in [1.29, 1.82) is 0 Å². The van der Waals surface area contributed by atoms with Crippen molar-refractivity contribution < 1.29 is 18.1 Å². The van der Waals surface area contributed by atoms with E-state index < -0.39 is 14.9 Å². The second-order valence-corrected chi connectivity index (χ2v) is 8.59. The van der Waals surface area contributed by atoms with Gasteiger partial charge in [-0.3, -0.25) is 10.1 Å². The van der Waals surface area contributed by atoms with Gasteiger partial charge in [0.05, 0.1) is 16.4 Å². The number of aromatic nitrogens is 1. The van der Waals surface area contributed by atoms with Crippen LogP contribution in [-0.4, -0.2) is 42.3 Å². The minimum absolute atomic E-state index is 0.0620. The monoisotopic (exact) mass is 420 g/mol. The number of nitrogens with one attached hydrogen (secondary N) is 1. The van der Waals surface area contributed by atoms with Crippen LogP contribution in [0, 0.1) is 10.1 Å². The molecule has 1 fully saturated rings. The number of pyridine rings is 1. The van der Waals surface area contributed by atoms with Crippen LogP contribution in [0.3, 0.4) is 0 Å². The number of hydrogen-bond acceptors (Lipinski definition) is 7. The van der Waals surface area contributed by atoms with Crippen molar-refractivity contribution in [2.75, 3.05) is 25.0 Å². The van der Waals surface area contributed by atoms with E-state index in [0.29, 0.717) is 25.6 Å². The topological polar surface area (TPSA) is 115 Å². The summed E-state index contributed by atoms with van der Waals surface area (Å²) in [7, 11) is -3.74. The Morgan fingerprint density at radius 3 is 2.69 bits per heavy atom. The first-order valence-corrected chi connectivity index (χ1v) is 11.0. The third kappa shape index (κ3) is 4.83. The number of rotatable bonds is 8. The molecule has 0 saturated carbocycles. The molecular formula is C19H24N4O5S. The smallest absolute Gasteiger partial charge is 0.293 e. The lowest BCUT2D eigenvalue weighted by molar-refractivity contribution is -0.384. The molecule has 0 spiro atoms. The van der Waals surface area contributed by atoms with E-state index in [1.807, 2.05) is 13.0 Å². The number of hydrogen-bond donors (Lipinski definition) is 1. The molecule has 1 aromatic heterocycles. The van der Waals surface area contributed by atoms with E-state index in [4.69, 9.17) is 4.74 Å². The van der Waals surface area contributed by atoms with Gasteiger partial charge in [-0.2, -0.15) is 4.31 Å². The van der Waals surface area contributed by atoms with Crippen molar-refractivity contribution in [3.8, 4) is 5.88 Å². The molecule has 9 nitrogen and oxygen atoms in total. The fourth-order valence-electron chi connectivity index (χ4n) is 3.24. The Hall–Kier alpha value is -2.72. The molecule has 0 atom stereocenters. The Morgan fingerprint density at radius 1 is 1.24 bits per heavy atom. The van der Waals surface area contributed by atoms with Gasteiger partial charge < -0.3 is 10.1 Å². The van der Waals surface area contributed by atoms with Crippen molar-refractivity contribution in [2.45, 2.75) is 37.6 Å². The van der Waals surface area contributed by atoms with E-state index in [1.165, 1.54) is 16.4 Å². The predicted molar refractivity (Wildman–Crippen MR) is 108 cm³/mol. The Bertz CT molecular complexity index is 974. The summed E-state index contributed by atoms with van der Waals surface area (Å²) in [6, 6.07) is 7.53. The van der Waals surface area contributed by atoms with Crippen LogP contribution in [-0.2, 0) is 16.6 Å². The Kier molecular flexibility index (Phi) is 6.65. The number of benzene rings is 1. The maximum Gasteiger partial charge on any atom is 0.293 e. The average Bonchev–Trinajstić information content (AvgIpc) is 2.73. The average molecular weight is 420 g/mol. The quantitative estimate of drug-likeness (QED) is 0.515. The maximum atomic E-state index is 12.8. The lowest BCUT2D eigenvalue weighted by Gasteiger charge is -2.25. The summed E-state index contributed by atoms with van der Waals surface area (Å²) in [6.45, 7) is 3.43. The van der Waals surface area contributed by atoms with Gasteiger partial charge in [0.15, 0.2) is 0 Å². The molecule has 1 N–H and O–H groups in total. The zero-order chi connectivity index (χ0) is 20.9. The highest BCUT2D eigenvalue weighted by molar-refractivity contribution is 7.89. The molecule has 29 heavy (non-hydrogen) atoms. The van der Waals surface area contributed by atoms with Gasteiger partial charge in [0.25, 0.3) is 5.69 Å². The van der Waals surface area contributed by atoms with Gasteiger partial charge in [-0.15, -0.1) is 0 Å². The molecule has 0 radical (unpaired) electrons. The van der Waals surface area contributed by atoms with Crippen molar-refractivity contribution >= 4 is 21.4 Å². The molecule has 0 bridgehead atoms. The summed E-state index contributed by atoms with van der Waals surface area (Å²) < 4.78 is 32.5. The van der Waals surface area contributed by atoms with Crippen molar-refractivity contribution in [1.82, 2.24) is 9.29 Å². The molecule has 3 rings (SSSR count). The highest BCUT2D eigenvalue weighted by atomic mass is 32.2. The largest absolute Gasteiger partial charge is 0.478 e. The highest BCUT2D eigenvalue weighted by Crippen LogP contribution is 2.30. The number of ether oxygens (including phenoxy) is 1. The van der Waals surface area contributed by atoms with E-state index in [9.17, 15) is 18.5 Å². The zero-order valence-electron chi connectivity index (χ0n) is 16.2. The Morgan fingerprint density at radius 2 is 2.00 bits per heavy atom. The van der Waals surface area contributed by atoms with Gasteiger partial charge in [0, 0.05) is 37.5 Å². The number of sulfonamides is 1. The van der Waals surface area contributed by atoms with E-state index in [-0.39, 0.29) is 22.8 Å². The summed E-state index contributed by atoms with van der Waals surface area (Å²) in [5.41, 5.74) is 0.692. The molecule has 0 amide bonds. The van der Waals surface area contributed by atoms with Gasteiger partial charge in [0.1, 0.15) is 5.69 Å². The SMILES string of the molecule is CCOc1ncccc1CNc1ccc(S(=O)(=O)N2CCCCC2)cc1[N+](=O)[O-]. The van der Waals surface area contributed by atoms with E-state index >= 15 is 0 Å². The van der Waals surface area contributed by atoms with E-state index in [0.717, 1.165) is 30.9 Å². The van der Waals surface area contributed by atoms with Crippen molar-refractivity contribution in [2.24, 2.45) is 0 Å². The predicted octanol–water partition coefficient (Wildman–Crippen LogP) is 3.18. The van der Waals surface area contributed by atoms with Gasteiger partial charge >= 0.3 is 0 Å². The molecule has 0 unspecified atom stereocenters. The summed E-state index contributed by atoms with van der Waals surface area (Å²) in [5.74, 6) is 0.453. The van der Waals surface area contributed by atoms with Crippen LogP contribution in [0.5, 0.6) is 5.88 Å². The molecule has 1 aliphatic rings. The van der Waals surface area contributed by atoms with Crippen LogP contribution in [0.4, 0.5) is 11.4 Å². The summed E-state index contributed by atoms with van der Waals surface area (Å²) >= 11 is 0. The third-order valence-electron chi connectivity index (χ3n) is 4.72. The summed E-state index contributed by atoms with van der Waals surface area (Å²) in [6.07, 6.45) is 4.20.